The molecule has 2 atom stereocenters. The summed E-state index contributed by atoms with van der Waals surface area (Å²) in [5.41, 5.74) is 2.89. The number of rotatable bonds is 8. The van der Waals surface area contributed by atoms with Gasteiger partial charge in [0.15, 0.2) is 5.11 Å². The SMILES string of the molecule is Cc1cccc(NC(=O)CCN2C(=S)N[C@@H](c3ccccn3)[C@@H]2c2ccc(-c3ccccc3[N+](=O)[O-])o2)c1. The maximum Gasteiger partial charge on any atom is 0.280 e. The largest absolute Gasteiger partial charge is 0.459 e. The Morgan fingerprint density at radius 2 is 1.95 bits per heavy atom. The zero-order valence-electron chi connectivity index (χ0n) is 20.5. The lowest BCUT2D eigenvalue weighted by atomic mass is 10.0. The number of hydrogen-bond donors (Lipinski definition) is 2. The first kappa shape index (κ1) is 25.1. The summed E-state index contributed by atoms with van der Waals surface area (Å²) in [7, 11) is 0. The van der Waals surface area contributed by atoms with Gasteiger partial charge in [-0.25, -0.2) is 0 Å². The molecule has 2 aromatic carbocycles. The Morgan fingerprint density at radius 3 is 2.71 bits per heavy atom. The van der Waals surface area contributed by atoms with Crippen LogP contribution in [0.4, 0.5) is 11.4 Å². The van der Waals surface area contributed by atoms with E-state index in [2.05, 4.69) is 15.6 Å². The number of para-hydroxylation sites is 1. The summed E-state index contributed by atoms with van der Waals surface area (Å²) in [6, 6.07) is 22.4. The van der Waals surface area contributed by atoms with Crippen molar-refractivity contribution in [1.29, 1.82) is 0 Å². The molecule has 4 aromatic rings. The Hall–Kier alpha value is -4.57. The van der Waals surface area contributed by atoms with Crippen molar-refractivity contribution in [3.63, 3.8) is 0 Å². The van der Waals surface area contributed by atoms with Crippen molar-refractivity contribution < 1.29 is 14.1 Å². The number of aromatic nitrogens is 1. The average molecular weight is 528 g/mol. The summed E-state index contributed by atoms with van der Waals surface area (Å²) in [6.45, 7) is 2.30. The molecule has 2 aromatic heterocycles. The van der Waals surface area contributed by atoms with E-state index in [0.29, 0.717) is 28.7 Å². The highest BCUT2D eigenvalue weighted by Gasteiger charge is 2.41. The van der Waals surface area contributed by atoms with E-state index in [0.717, 1.165) is 16.9 Å². The molecule has 1 fully saturated rings. The minimum Gasteiger partial charge on any atom is -0.459 e. The summed E-state index contributed by atoms with van der Waals surface area (Å²) < 4.78 is 6.22. The maximum atomic E-state index is 12.8. The molecule has 3 heterocycles. The quantitative estimate of drug-likeness (QED) is 0.174. The van der Waals surface area contributed by atoms with Crippen LogP contribution in [0.1, 0.15) is 35.5 Å². The van der Waals surface area contributed by atoms with E-state index in [1.54, 1.807) is 36.5 Å². The first-order valence-electron chi connectivity index (χ1n) is 12.1. The van der Waals surface area contributed by atoms with Gasteiger partial charge in [-0.3, -0.25) is 19.9 Å². The molecule has 0 spiro atoms. The summed E-state index contributed by atoms with van der Waals surface area (Å²) in [6.07, 6.45) is 1.90. The number of benzene rings is 2. The van der Waals surface area contributed by atoms with Crippen LogP contribution in [0.5, 0.6) is 0 Å². The monoisotopic (exact) mass is 527 g/mol. The van der Waals surface area contributed by atoms with Crippen LogP contribution in [-0.2, 0) is 4.79 Å². The van der Waals surface area contributed by atoms with Gasteiger partial charge in [-0.2, -0.15) is 0 Å². The first-order chi connectivity index (χ1) is 18.4. The maximum absolute atomic E-state index is 12.8. The molecule has 10 heteroatoms. The van der Waals surface area contributed by atoms with Gasteiger partial charge >= 0.3 is 0 Å². The summed E-state index contributed by atoms with van der Waals surface area (Å²) in [4.78, 5) is 30.3. The van der Waals surface area contributed by atoms with Crippen LogP contribution >= 0.6 is 12.2 Å². The number of thiocarbonyl (C=S) groups is 1. The second kappa shape index (κ2) is 10.8. The number of pyridine rings is 1. The van der Waals surface area contributed by atoms with Crippen molar-refractivity contribution in [3.05, 3.63) is 112 Å². The molecule has 2 N–H and O–H groups in total. The molecule has 0 aliphatic carbocycles. The highest BCUT2D eigenvalue weighted by Crippen LogP contribution is 2.41. The normalized spacial score (nSPS) is 16.8. The smallest absolute Gasteiger partial charge is 0.280 e. The number of anilines is 1. The number of furan rings is 1. The van der Waals surface area contributed by atoms with Gasteiger partial charge in [-0.05, 0) is 67.2 Å². The third-order valence-corrected chi connectivity index (χ3v) is 6.72. The number of carbonyl (C=O) groups is 1. The van der Waals surface area contributed by atoms with E-state index < -0.39 is 11.0 Å². The molecular weight excluding hydrogens is 502 g/mol. The molecule has 38 heavy (non-hydrogen) atoms. The highest BCUT2D eigenvalue weighted by molar-refractivity contribution is 7.80. The number of nitro benzene ring substituents is 1. The molecule has 192 valence electrons. The highest BCUT2D eigenvalue weighted by atomic mass is 32.1. The zero-order valence-corrected chi connectivity index (χ0v) is 21.4. The molecule has 1 aliphatic heterocycles. The van der Waals surface area contributed by atoms with Crippen molar-refractivity contribution in [1.82, 2.24) is 15.2 Å². The molecule has 0 radical (unpaired) electrons. The van der Waals surface area contributed by atoms with Crippen LogP contribution in [0.15, 0.2) is 89.5 Å². The lowest BCUT2D eigenvalue weighted by Crippen LogP contribution is -2.32. The molecule has 0 saturated carbocycles. The number of amides is 1. The van der Waals surface area contributed by atoms with E-state index >= 15 is 0 Å². The third kappa shape index (κ3) is 5.25. The minimum atomic E-state index is -0.431. The Balaban J connectivity index is 1.43. The van der Waals surface area contributed by atoms with Gasteiger partial charge in [0.25, 0.3) is 5.69 Å². The Bertz CT molecular complexity index is 1490. The van der Waals surface area contributed by atoms with Gasteiger partial charge in [0.05, 0.1) is 22.2 Å². The van der Waals surface area contributed by atoms with Gasteiger partial charge in [-0.1, -0.05) is 30.3 Å². The van der Waals surface area contributed by atoms with Gasteiger partial charge in [0.2, 0.25) is 5.91 Å². The second-order valence-electron chi connectivity index (χ2n) is 8.96. The van der Waals surface area contributed by atoms with E-state index in [4.69, 9.17) is 16.6 Å². The molecule has 0 unspecified atom stereocenters. The molecule has 9 nitrogen and oxygen atoms in total. The van der Waals surface area contributed by atoms with Crippen LogP contribution in [0.2, 0.25) is 0 Å². The fourth-order valence-corrected chi connectivity index (χ4v) is 4.95. The Morgan fingerprint density at radius 1 is 1.13 bits per heavy atom. The van der Waals surface area contributed by atoms with Crippen molar-refractivity contribution in [3.8, 4) is 11.3 Å². The van der Waals surface area contributed by atoms with Crippen LogP contribution in [0.25, 0.3) is 11.3 Å². The first-order valence-corrected chi connectivity index (χ1v) is 12.5. The fourth-order valence-electron chi connectivity index (χ4n) is 4.62. The third-order valence-electron chi connectivity index (χ3n) is 6.36. The van der Waals surface area contributed by atoms with Crippen molar-refractivity contribution in [2.45, 2.75) is 25.4 Å². The van der Waals surface area contributed by atoms with E-state index in [-0.39, 0.29) is 24.1 Å². The number of aryl methyl sites for hydroxylation is 1. The summed E-state index contributed by atoms with van der Waals surface area (Å²) >= 11 is 5.67. The van der Waals surface area contributed by atoms with Gasteiger partial charge in [0, 0.05) is 30.9 Å². The number of nitrogens with zero attached hydrogens (tertiary/aromatic N) is 3. The lowest BCUT2D eigenvalue weighted by Gasteiger charge is -2.25. The summed E-state index contributed by atoms with van der Waals surface area (Å²) in [5, 5.41) is 18.3. The number of hydrogen-bond acceptors (Lipinski definition) is 6. The zero-order chi connectivity index (χ0) is 26.6. The van der Waals surface area contributed by atoms with E-state index in [9.17, 15) is 14.9 Å². The van der Waals surface area contributed by atoms with Crippen molar-refractivity contribution >= 4 is 34.6 Å². The second-order valence-corrected chi connectivity index (χ2v) is 9.35. The molecule has 5 rings (SSSR count). The summed E-state index contributed by atoms with van der Waals surface area (Å²) in [5.74, 6) is 0.792. The van der Waals surface area contributed by atoms with Crippen LogP contribution in [0.3, 0.4) is 0 Å². The topological polar surface area (TPSA) is 114 Å². The number of nitrogens with one attached hydrogen (secondary N) is 2. The Kier molecular flexibility index (Phi) is 7.14. The minimum absolute atomic E-state index is 0.0422. The Labute approximate surface area is 224 Å². The van der Waals surface area contributed by atoms with Crippen LogP contribution in [0, 0.1) is 17.0 Å². The van der Waals surface area contributed by atoms with E-state index in [1.807, 2.05) is 54.3 Å². The molecule has 1 aliphatic rings. The number of carbonyl (C=O) groups excluding carboxylic acids is 1. The molecular formula is C28H25N5O4S. The van der Waals surface area contributed by atoms with Gasteiger partial charge < -0.3 is 20.0 Å². The fraction of sp³-hybridized carbons (Fsp3) is 0.179. The van der Waals surface area contributed by atoms with Crippen molar-refractivity contribution in [2.75, 3.05) is 11.9 Å². The van der Waals surface area contributed by atoms with Gasteiger partial charge in [0.1, 0.15) is 17.6 Å². The lowest BCUT2D eigenvalue weighted by molar-refractivity contribution is -0.384. The predicted molar refractivity (Wildman–Crippen MR) is 147 cm³/mol. The molecule has 1 saturated heterocycles. The van der Waals surface area contributed by atoms with Gasteiger partial charge in [-0.15, -0.1) is 0 Å². The van der Waals surface area contributed by atoms with Crippen molar-refractivity contribution in [2.24, 2.45) is 0 Å². The standard InChI is InChI=1S/C28H25N5O4S/c1-18-7-6-8-19(17-18)30-25(34)14-16-32-27(26(31-28(32)38)21-10-4-5-15-29-21)24-13-12-23(37-24)20-9-2-3-11-22(20)33(35)36/h2-13,15,17,26-27H,14,16H2,1H3,(H,30,34)(H,31,38)/t26-,27-/m0/s1. The molecule has 1 amide bonds. The van der Waals surface area contributed by atoms with E-state index in [1.165, 1.54) is 6.07 Å². The van der Waals surface area contributed by atoms with Crippen LogP contribution in [-0.4, -0.2) is 32.4 Å². The predicted octanol–water partition coefficient (Wildman–Crippen LogP) is 5.56. The number of nitro groups is 1. The van der Waals surface area contributed by atoms with Crippen LogP contribution < -0.4 is 10.6 Å². The molecule has 0 bridgehead atoms. The average Bonchev–Trinajstić information content (AvgIpc) is 3.52.